The number of nitrogens with zero attached hydrogens (tertiary/aromatic N) is 2. The zero-order valence-electron chi connectivity index (χ0n) is 27.6. The third kappa shape index (κ3) is 9.07. The number of nitrogens with one attached hydrogen (secondary N) is 1. The lowest BCUT2D eigenvalue weighted by Gasteiger charge is -2.35. The van der Waals surface area contributed by atoms with E-state index >= 15 is 0 Å². The number of hydrogen-bond acceptors (Lipinski definition) is 4. The van der Waals surface area contributed by atoms with Crippen LogP contribution in [0.1, 0.15) is 62.8 Å². The molecule has 0 saturated heterocycles. The second-order valence-corrected chi connectivity index (χ2v) is 14.9. The van der Waals surface area contributed by atoms with E-state index in [2.05, 4.69) is 19.2 Å². The molecule has 1 atom stereocenters. The van der Waals surface area contributed by atoms with Gasteiger partial charge in [0.25, 0.3) is 10.0 Å². The quantitative estimate of drug-likeness (QED) is 0.183. The van der Waals surface area contributed by atoms with E-state index in [1.165, 1.54) is 4.90 Å². The molecule has 7 nitrogen and oxygen atoms in total. The fourth-order valence-electron chi connectivity index (χ4n) is 5.18. The Morgan fingerprint density at radius 1 is 0.761 bits per heavy atom. The van der Waals surface area contributed by atoms with E-state index in [4.69, 9.17) is 0 Å². The minimum atomic E-state index is -4.15. The van der Waals surface area contributed by atoms with Gasteiger partial charge >= 0.3 is 0 Å². The predicted octanol–water partition coefficient (Wildman–Crippen LogP) is 6.87. The molecular formula is C38H45N3O4S. The van der Waals surface area contributed by atoms with Crippen molar-refractivity contribution in [3.8, 4) is 0 Å². The van der Waals surface area contributed by atoms with Gasteiger partial charge in [-0.2, -0.15) is 0 Å². The first-order valence-electron chi connectivity index (χ1n) is 15.6. The molecule has 0 unspecified atom stereocenters. The maximum atomic E-state index is 14.6. The lowest BCUT2D eigenvalue weighted by Crippen LogP contribution is -2.56. The summed E-state index contributed by atoms with van der Waals surface area (Å²) in [7, 11) is -4.15. The average molecular weight is 640 g/mol. The summed E-state index contributed by atoms with van der Waals surface area (Å²) in [6.07, 6.45) is 0.259. The Balaban J connectivity index is 1.81. The van der Waals surface area contributed by atoms with E-state index in [1.54, 1.807) is 36.4 Å². The van der Waals surface area contributed by atoms with Crippen molar-refractivity contribution < 1.29 is 18.0 Å². The number of carbonyl (C=O) groups excluding carboxylic acids is 2. The molecule has 0 fully saturated rings. The van der Waals surface area contributed by atoms with Crippen LogP contribution in [0.25, 0.3) is 0 Å². The molecule has 0 radical (unpaired) electrons. The second-order valence-electron chi connectivity index (χ2n) is 13.0. The van der Waals surface area contributed by atoms with Gasteiger partial charge in [0.15, 0.2) is 0 Å². The summed E-state index contributed by atoms with van der Waals surface area (Å²) in [5.74, 6) is -0.549. The van der Waals surface area contributed by atoms with E-state index < -0.39 is 34.1 Å². The van der Waals surface area contributed by atoms with Crippen molar-refractivity contribution in [1.29, 1.82) is 0 Å². The van der Waals surface area contributed by atoms with E-state index in [9.17, 15) is 18.0 Å². The van der Waals surface area contributed by atoms with Gasteiger partial charge in [-0.1, -0.05) is 104 Å². The Kier molecular flexibility index (Phi) is 11.1. The van der Waals surface area contributed by atoms with Crippen molar-refractivity contribution in [2.24, 2.45) is 0 Å². The molecule has 4 rings (SSSR count). The van der Waals surface area contributed by atoms with Crippen LogP contribution >= 0.6 is 0 Å². The molecule has 0 spiro atoms. The number of aryl methyl sites for hydroxylation is 1. The zero-order chi connectivity index (χ0) is 33.5. The summed E-state index contributed by atoms with van der Waals surface area (Å²) in [6.45, 7) is 11.3. The van der Waals surface area contributed by atoms with Gasteiger partial charge in [-0.3, -0.25) is 13.9 Å². The zero-order valence-corrected chi connectivity index (χ0v) is 28.4. The van der Waals surface area contributed by atoms with Crippen molar-refractivity contribution in [1.82, 2.24) is 10.2 Å². The summed E-state index contributed by atoms with van der Waals surface area (Å²) in [5.41, 5.74) is 3.51. The third-order valence-electron chi connectivity index (χ3n) is 7.70. The number of anilines is 1. The minimum Gasteiger partial charge on any atom is -0.350 e. The molecule has 0 heterocycles. The molecule has 1 N–H and O–H groups in total. The Bertz CT molecular complexity index is 1700. The van der Waals surface area contributed by atoms with Crippen LogP contribution in [0.3, 0.4) is 0 Å². The molecule has 0 saturated carbocycles. The highest BCUT2D eigenvalue weighted by atomic mass is 32.2. The second kappa shape index (κ2) is 14.8. The summed E-state index contributed by atoms with van der Waals surface area (Å²) in [5, 5.41) is 3.06. The average Bonchev–Trinajstić information content (AvgIpc) is 3.01. The van der Waals surface area contributed by atoms with Crippen LogP contribution in [-0.4, -0.2) is 43.3 Å². The van der Waals surface area contributed by atoms with Crippen LogP contribution in [0.4, 0.5) is 5.69 Å². The molecule has 0 bridgehead atoms. The standard InChI is InChI=1S/C38H45N3O4S/c1-28(2)32-19-21-33(22-20-32)41(46(44,45)34-23-17-29(3)18-24-34)27-36(42)40(26-31-15-11-8-12-16-31)35(37(43)39-38(4,5)6)25-30-13-9-7-10-14-30/h7-24,28,35H,25-27H2,1-6H3,(H,39,43)/t35-/m0/s1. The van der Waals surface area contributed by atoms with Gasteiger partial charge in [-0.25, -0.2) is 8.42 Å². The lowest BCUT2D eigenvalue weighted by molar-refractivity contribution is -0.140. The summed E-state index contributed by atoms with van der Waals surface area (Å²) in [4.78, 5) is 30.2. The fourth-order valence-corrected chi connectivity index (χ4v) is 6.59. The SMILES string of the molecule is Cc1ccc(S(=O)(=O)N(CC(=O)N(Cc2ccccc2)[C@@H](Cc2ccccc2)C(=O)NC(C)(C)C)c2ccc(C(C)C)cc2)cc1. The number of rotatable bonds is 12. The molecule has 0 aliphatic heterocycles. The molecule has 2 amide bonds. The van der Waals surface area contributed by atoms with Crippen molar-refractivity contribution in [2.75, 3.05) is 10.8 Å². The summed E-state index contributed by atoms with van der Waals surface area (Å²) >= 11 is 0. The van der Waals surface area contributed by atoms with Crippen LogP contribution in [0.5, 0.6) is 0 Å². The number of amides is 2. The van der Waals surface area contributed by atoms with Crippen molar-refractivity contribution in [3.05, 3.63) is 131 Å². The summed E-state index contributed by atoms with van der Waals surface area (Å²) < 4.78 is 29.6. The van der Waals surface area contributed by atoms with Gasteiger partial charge in [-0.15, -0.1) is 0 Å². The maximum absolute atomic E-state index is 14.6. The van der Waals surface area contributed by atoms with Crippen LogP contribution in [0.15, 0.2) is 114 Å². The van der Waals surface area contributed by atoms with E-state index in [-0.39, 0.29) is 29.7 Å². The Morgan fingerprint density at radius 2 is 1.30 bits per heavy atom. The third-order valence-corrected chi connectivity index (χ3v) is 9.49. The van der Waals surface area contributed by atoms with Gasteiger partial charge in [0.05, 0.1) is 10.6 Å². The smallest absolute Gasteiger partial charge is 0.264 e. The van der Waals surface area contributed by atoms with Gasteiger partial charge in [0.1, 0.15) is 12.6 Å². The number of sulfonamides is 1. The Morgan fingerprint density at radius 3 is 1.83 bits per heavy atom. The molecular weight excluding hydrogens is 595 g/mol. The monoisotopic (exact) mass is 639 g/mol. The van der Waals surface area contributed by atoms with Gasteiger partial charge < -0.3 is 10.2 Å². The predicted molar refractivity (Wildman–Crippen MR) is 185 cm³/mol. The van der Waals surface area contributed by atoms with Crippen LogP contribution in [-0.2, 0) is 32.6 Å². The molecule has 0 aromatic heterocycles. The Labute approximate surface area is 274 Å². The molecule has 242 valence electrons. The van der Waals surface area contributed by atoms with Crippen LogP contribution in [0.2, 0.25) is 0 Å². The first-order chi connectivity index (χ1) is 21.7. The largest absolute Gasteiger partial charge is 0.350 e. The normalized spacial score (nSPS) is 12.4. The van der Waals surface area contributed by atoms with Gasteiger partial charge in [0, 0.05) is 18.5 Å². The highest BCUT2D eigenvalue weighted by Gasteiger charge is 2.35. The summed E-state index contributed by atoms with van der Waals surface area (Å²) in [6, 6.07) is 31.9. The minimum absolute atomic E-state index is 0.0831. The van der Waals surface area contributed by atoms with Crippen molar-refractivity contribution in [2.45, 2.75) is 76.9 Å². The van der Waals surface area contributed by atoms with E-state index in [0.29, 0.717) is 5.69 Å². The molecule has 4 aromatic rings. The van der Waals surface area contributed by atoms with Gasteiger partial charge in [0.2, 0.25) is 11.8 Å². The van der Waals surface area contributed by atoms with Crippen molar-refractivity contribution in [3.63, 3.8) is 0 Å². The Hall–Kier alpha value is -4.43. The lowest BCUT2D eigenvalue weighted by atomic mass is 10.0. The molecule has 46 heavy (non-hydrogen) atoms. The number of benzene rings is 4. The van der Waals surface area contributed by atoms with E-state index in [0.717, 1.165) is 26.6 Å². The first kappa shape index (κ1) is 34.4. The molecule has 0 aliphatic rings. The highest BCUT2D eigenvalue weighted by molar-refractivity contribution is 7.92. The molecule has 4 aromatic carbocycles. The maximum Gasteiger partial charge on any atom is 0.264 e. The van der Waals surface area contributed by atoms with Gasteiger partial charge in [-0.05, 0) is 74.6 Å². The highest BCUT2D eigenvalue weighted by Crippen LogP contribution is 2.27. The molecule has 0 aliphatic carbocycles. The molecule has 8 heteroatoms. The number of carbonyl (C=O) groups is 2. The topological polar surface area (TPSA) is 86.8 Å². The van der Waals surface area contributed by atoms with Crippen LogP contribution in [0, 0.1) is 6.92 Å². The van der Waals surface area contributed by atoms with E-state index in [1.807, 2.05) is 100 Å². The van der Waals surface area contributed by atoms with Crippen LogP contribution < -0.4 is 9.62 Å². The van der Waals surface area contributed by atoms with Crippen molar-refractivity contribution >= 4 is 27.5 Å². The number of hydrogen-bond donors (Lipinski definition) is 1. The fraction of sp³-hybridized carbons (Fsp3) is 0.316. The first-order valence-corrected chi connectivity index (χ1v) is 17.1.